The number of nitrogens with two attached hydrogens (primary N) is 3. The number of nitrogens with one attached hydrogen (secondary N) is 4. The molecule has 8 amide bonds. The first kappa shape index (κ1) is 96.5. The zero-order valence-electron chi connectivity index (χ0n) is 71.5. The van der Waals surface area contributed by atoms with Gasteiger partial charge in [0.1, 0.15) is 48.8 Å². The van der Waals surface area contributed by atoms with Crippen LogP contribution in [0.3, 0.4) is 0 Å². The Morgan fingerprint density at radius 2 is 0.554 bits per heavy atom. The molecular formula is C90H121N14O16P. The summed E-state index contributed by atoms with van der Waals surface area (Å²) < 4.78 is 42.2. The molecule has 4 aliphatic rings. The summed E-state index contributed by atoms with van der Waals surface area (Å²) in [5.74, 6) is 0. The van der Waals surface area contributed by atoms with Gasteiger partial charge >= 0.3 is 48.7 Å². The van der Waals surface area contributed by atoms with Crippen LogP contribution in [0.15, 0.2) is 217 Å². The fourth-order valence-corrected chi connectivity index (χ4v) is 14.9. The highest BCUT2D eigenvalue weighted by Gasteiger charge is 2.38. The summed E-state index contributed by atoms with van der Waals surface area (Å²) in [5, 5.41) is 19.0. The van der Waals surface area contributed by atoms with Gasteiger partial charge in [-0.2, -0.15) is 0 Å². The molecule has 4 saturated heterocycles. The van der Waals surface area contributed by atoms with Crippen LogP contribution in [-0.2, 0) is 64.3 Å². The highest BCUT2D eigenvalue weighted by Crippen LogP contribution is 2.32. The Morgan fingerprint density at radius 3 is 0.769 bits per heavy atom. The number of hydrogen-bond donors (Lipinski definition) is 7. The van der Waals surface area contributed by atoms with Crippen molar-refractivity contribution in [3.05, 3.63) is 245 Å². The summed E-state index contributed by atoms with van der Waals surface area (Å²) >= 11 is 0. The minimum atomic E-state index is -0.610. The van der Waals surface area contributed by atoms with Crippen molar-refractivity contribution in [2.75, 3.05) is 52.4 Å². The molecule has 0 bridgehead atoms. The van der Waals surface area contributed by atoms with Crippen molar-refractivity contribution in [2.24, 2.45) is 22.3 Å². The minimum absolute atomic E-state index is 0.148. The molecule has 30 nitrogen and oxygen atoms in total. The third kappa shape index (κ3) is 36.4. The largest absolute Gasteiger partial charge is 0.445 e. The van der Waals surface area contributed by atoms with Crippen LogP contribution in [0, 0.1) is 0 Å². The average Bonchev–Trinajstić information content (AvgIpc) is 0.757. The number of azide groups is 1. The van der Waals surface area contributed by atoms with Crippen molar-refractivity contribution in [3.8, 4) is 0 Å². The minimum Gasteiger partial charge on any atom is -0.445 e. The molecule has 10 N–H and O–H groups in total. The van der Waals surface area contributed by atoms with E-state index in [9.17, 15) is 38.4 Å². The van der Waals surface area contributed by atoms with Crippen LogP contribution in [0.25, 0.3) is 10.4 Å². The number of carbonyl (C=O) groups is 8. The molecule has 0 aromatic heterocycles. The number of ether oxygens (including phenoxy) is 8. The van der Waals surface area contributed by atoms with E-state index in [-0.39, 0.29) is 87.5 Å². The molecule has 11 rings (SSSR count). The van der Waals surface area contributed by atoms with Gasteiger partial charge in [-0.1, -0.05) is 217 Å². The van der Waals surface area contributed by atoms with E-state index in [0.29, 0.717) is 71.5 Å². The maximum Gasteiger partial charge on any atom is 0.410 e. The Morgan fingerprint density at radius 1 is 0.347 bits per heavy atom. The first-order valence-electron chi connectivity index (χ1n) is 40.5. The van der Waals surface area contributed by atoms with E-state index < -0.39 is 72.9 Å². The first-order chi connectivity index (χ1) is 57.5. The summed E-state index contributed by atoms with van der Waals surface area (Å²) in [6.07, 6.45) is -1.61. The molecule has 0 radical (unpaired) electrons. The number of rotatable bonds is 16. The smallest absolute Gasteiger partial charge is 0.410 e. The maximum absolute atomic E-state index is 12.2. The fourth-order valence-electron chi connectivity index (χ4n) is 12.6. The second-order valence-corrected chi connectivity index (χ2v) is 35.4. The molecule has 7 aromatic rings. The van der Waals surface area contributed by atoms with Crippen molar-refractivity contribution in [1.82, 2.24) is 40.9 Å². The molecule has 0 spiro atoms. The summed E-state index contributed by atoms with van der Waals surface area (Å²) in [5.41, 5.74) is 28.5. The molecule has 4 heterocycles. The van der Waals surface area contributed by atoms with Crippen LogP contribution in [0.5, 0.6) is 0 Å². The Kier molecular flexibility index (Phi) is 38.2. The van der Waals surface area contributed by atoms with E-state index in [2.05, 4.69) is 122 Å². The molecule has 7 aromatic carbocycles. The Labute approximate surface area is 711 Å². The van der Waals surface area contributed by atoms with Crippen LogP contribution >= 0.6 is 7.92 Å². The molecule has 652 valence electrons. The second-order valence-electron chi connectivity index (χ2n) is 33.2. The van der Waals surface area contributed by atoms with Gasteiger partial charge in [-0.3, -0.25) is 0 Å². The van der Waals surface area contributed by atoms with Gasteiger partial charge in [-0.15, -0.1) is 0 Å². The topological polar surface area (TPSA) is 398 Å². The van der Waals surface area contributed by atoms with Gasteiger partial charge in [-0.25, -0.2) is 38.4 Å². The number of nitrogens with zero attached hydrogens (tertiary/aromatic N) is 7. The van der Waals surface area contributed by atoms with Crippen molar-refractivity contribution in [2.45, 2.75) is 206 Å². The third-order valence-corrected chi connectivity index (χ3v) is 20.9. The fraction of sp³-hybridized carbons (Fsp3) is 0.444. The molecule has 121 heavy (non-hydrogen) atoms. The number of carbonyl (C=O) groups excluding carboxylic acids is 8. The molecule has 8 atom stereocenters. The van der Waals surface area contributed by atoms with Crippen LogP contribution in [-0.4, -0.2) is 191 Å². The predicted octanol–water partition coefficient (Wildman–Crippen LogP) is 13.8. The average molecular weight is 1690 g/mol. The molecule has 0 unspecified atom stereocenters. The van der Waals surface area contributed by atoms with Crippen LogP contribution < -0.4 is 54.4 Å². The van der Waals surface area contributed by atoms with Gasteiger partial charge in [-0.05, 0) is 160 Å². The summed E-state index contributed by atoms with van der Waals surface area (Å²) in [4.78, 5) is 105. The molecule has 4 aliphatic heterocycles. The van der Waals surface area contributed by atoms with Crippen molar-refractivity contribution >= 4 is 72.6 Å². The maximum atomic E-state index is 12.2. The lowest BCUT2D eigenvalue weighted by molar-refractivity contribution is 0.0167. The lowest BCUT2D eigenvalue weighted by Gasteiger charge is -2.37. The molecule has 0 aliphatic carbocycles. The third-order valence-electron chi connectivity index (χ3n) is 18.5. The van der Waals surface area contributed by atoms with E-state index in [1.807, 2.05) is 184 Å². The summed E-state index contributed by atoms with van der Waals surface area (Å²) in [6.45, 7) is 25.5. The first-order valence-corrected chi connectivity index (χ1v) is 41.9. The standard InChI is InChI=1S/C18H25N5O4.3C18H27N3O4.C18H15P/c1-18(2,3)27-17(25)23-10-9-14(15(11-23)21-22-19)20-16(24)26-12-13-7-5-4-6-8-13;3*1-18(2,3)25-17(23)21-10-9-15(14(19)11-21)20-16(22)24-12-13-7-5-4-6-8-13;1-4-10-16(11-5-1)19(17-12-6-2-7-13-17)18-14-8-3-9-15-18/h4-8,14-15H,9-12H2,1-3H3,(H,20,24);3*4-8,14-15H,9-12,19H2,1-3H3,(H,20,22);1-15H/t4*14-,15+;/m1100./s1. The number of piperidine rings is 4. The van der Waals surface area contributed by atoms with Gasteiger partial charge < -0.3 is 96.0 Å². The van der Waals surface area contributed by atoms with Crippen LogP contribution in [0.4, 0.5) is 38.4 Å². The molecule has 0 saturated carbocycles. The van der Waals surface area contributed by atoms with Gasteiger partial charge in [0.2, 0.25) is 0 Å². The Hall–Kier alpha value is -11.7. The van der Waals surface area contributed by atoms with Gasteiger partial charge in [0, 0.05) is 81.4 Å². The number of benzene rings is 7. The normalized spacial score (nSPS) is 18.9. The second kappa shape index (κ2) is 47.9. The van der Waals surface area contributed by atoms with Crippen LogP contribution in [0.2, 0.25) is 0 Å². The number of alkyl carbamates (subject to hydrolysis) is 4. The number of amides is 8. The highest BCUT2D eigenvalue weighted by molar-refractivity contribution is 7.79. The van der Waals surface area contributed by atoms with Crippen molar-refractivity contribution in [3.63, 3.8) is 0 Å². The SMILES string of the molecule is CC(C)(C)OC(=O)N1CC[C@@H](NC(=O)OCc2ccccc2)[C@@H](N)C1.CC(C)(C)OC(=O)N1CC[C@@H](NC(=O)OCc2ccccc2)[C@@H](N)C1.CC(C)(C)OC(=O)N1CC[C@@H](NC(=O)OCc2ccccc2)[C@@H](N=[N+]=[N-])C1.CC(C)(C)OC(=O)N1CC[C@H](NC(=O)OCc2ccccc2)[C@H](N)C1.c1ccc(P(c2ccccc2)c2ccccc2)cc1. The summed E-state index contributed by atoms with van der Waals surface area (Å²) in [6, 6.07) is 67.2. The van der Waals surface area contributed by atoms with Crippen molar-refractivity contribution in [1.29, 1.82) is 0 Å². The number of likely N-dealkylation sites (tertiary alicyclic amines) is 4. The van der Waals surface area contributed by atoms with Crippen molar-refractivity contribution < 1.29 is 76.3 Å². The van der Waals surface area contributed by atoms with Gasteiger partial charge in [0.05, 0.1) is 24.2 Å². The van der Waals surface area contributed by atoms with Gasteiger partial charge in [0.25, 0.3) is 0 Å². The zero-order valence-corrected chi connectivity index (χ0v) is 72.4. The van der Waals surface area contributed by atoms with E-state index in [1.165, 1.54) is 20.8 Å². The van der Waals surface area contributed by atoms with Crippen LogP contribution in [0.1, 0.15) is 131 Å². The molecule has 31 heteroatoms. The van der Waals surface area contributed by atoms with E-state index in [4.69, 9.17) is 60.6 Å². The predicted molar refractivity (Wildman–Crippen MR) is 466 cm³/mol. The highest BCUT2D eigenvalue weighted by atomic mass is 31.1. The monoisotopic (exact) mass is 1680 g/mol. The zero-order chi connectivity index (χ0) is 88.1. The quantitative estimate of drug-likeness (QED) is 0.0155. The Bertz CT molecular complexity index is 4030. The lowest BCUT2D eigenvalue weighted by atomic mass is 10.0. The Balaban J connectivity index is 0.000000209. The lowest BCUT2D eigenvalue weighted by Crippen LogP contribution is -2.59. The summed E-state index contributed by atoms with van der Waals surface area (Å²) in [7, 11) is -0.446. The molecule has 4 fully saturated rings. The van der Waals surface area contributed by atoms with Gasteiger partial charge in [0.15, 0.2) is 0 Å². The van der Waals surface area contributed by atoms with E-state index in [0.717, 1.165) is 22.3 Å². The van der Waals surface area contributed by atoms with E-state index >= 15 is 0 Å². The number of hydrogen-bond acceptors (Lipinski definition) is 20. The van der Waals surface area contributed by atoms with E-state index in [1.54, 1.807) is 35.5 Å². The molecular weight excluding hydrogens is 1560 g/mol.